The van der Waals surface area contributed by atoms with Gasteiger partial charge in [0, 0.05) is 42.3 Å². The first-order valence-corrected chi connectivity index (χ1v) is 16.4. The van der Waals surface area contributed by atoms with E-state index in [1.54, 1.807) is 0 Å². The number of hydrogen-bond donors (Lipinski definition) is 0. The average Bonchev–Trinajstić information content (AvgIpc) is 3.60. The molecule has 0 amide bonds. The highest BCUT2D eigenvalue weighted by molar-refractivity contribution is 7.26. The monoisotopic (exact) mass is 607 g/mol. The molecule has 6 aromatic carbocycles. The van der Waals surface area contributed by atoms with Crippen LogP contribution in [0, 0.1) is 0 Å². The number of aromatic nitrogens is 3. The van der Waals surface area contributed by atoms with E-state index in [4.69, 9.17) is 15.0 Å². The van der Waals surface area contributed by atoms with Crippen LogP contribution in [0.5, 0.6) is 0 Å². The Morgan fingerprint density at radius 3 is 1.72 bits per heavy atom. The Morgan fingerprint density at radius 2 is 1.00 bits per heavy atom. The molecule has 8 aromatic rings. The molecule has 1 aliphatic carbocycles. The van der Waals surface area contributed by atoms with Crippen molar-refractivity contribution in [1.82, 2.24) is 15.0 Å². The minimum Gasteiger partial charge on any atom is -0.208 e. The molecule has 3 nitrogen and oxygen atoms in total. The zero-order valence-electron chi connectivity index (χ0n) is 25.5. The Kier molecular flexibility index (Phi) is 6.02. The Balaban J connectivity index is 1.31. The van der Waals surface area contributed by atoms with Crippen molar-refractivity contribution in [3.63, 3.8) is 0 Å². The molecule has 46 heavy (non-hydrogen) atoms. The van der Waals surface area contributed by atoms with Crippen LogP contribution in [0.25, 0.3) is 76.6 Å². The van der Waals surface area contributed by atoms with Gasteiger partial charge < -0.3 is 0 Å². The van der Waals surface area contributed by atoms with E-state index in [-0.39, 0.29) is 5.41 Å². The summed E-state index contributed by atoms with van der Waals surface area (Å²) >= 11 is 1.82. The summed E-state index contributed by atoms with van der Waals surface area (Å²) in [5, 5.41) is 2.55. The summed E-state index contributed by atoms with van der Waals surface area (Å²) in [6.45, 7) is 4.66. The third kappa shape index (κ3) is 4.22. The maximum Gasteiger partial charge on any atom is 0.164 e. The quantitative estimate of drug-likeness (QED) is 0.200. The molecular formula is C42H29N3S. The maximum atomic E-state index is 5.08. The second-order valence-corrected chi connectivity index (χ2v) is 13.5. The molecule has 2 aromatic heterocycles. The molecule has 2 heterocycles. The van der Waals surface area contributed by atoms with Crippen molar-refractivity contribution in [2.24, 2.45) is 0 Å². The van der Waals surface area contributed by atoms with Gasteiger partial charge in [0.25, 0.3) is 0 Å². The van der Waals surface area contributed by atoms with Gasteiger partial charge in [-0.25, -0.2) is 15.0 Å². The fourth-order valence-electron chi connectivity index (χ4n) is 7.04. The Bertz CT molecular complexity index is 2380. The molecule has 0 saturated carbocycles. The predicted molar refractivity (Wildman–Crippen MR) is 192 cm³/mol. The molecule has 1 aliphatic rings. The lowest BCUT2D eigenvalue weighted by Gasteiger charge is -2.21. The summed E-state index contributed by atoms with van der Waals surface area (Å²) < 4.78 is 2.49. The van der Waals surface area contributed by atoms with Crippen molar-refractivity contribution < 1.29 is 0 Å². The Hall–Kier alpha value is -5.45. The standard InChI is InChI=1S/C42H29N3S/c1-42(2)34-19-11-9-17-30(34)33-23-28(21-22-35(33)42)32-24-29(25-37-38(32)31-18-10-12-20-36(31)46-37)41-44-39(26-13-5-3-6-14-26)43-40(45-41)27-15-7-4-8-16-27/h3-25H,1-2H3. The summed E-state index contributed by atoms with van der Waals surface area (Å²) in [4.78, 5) is 15.1. The molecule has 0 unspecified atom stereocenters. The van der Waals surface area contributed by atoms with Crippen molar-refractivity contribution in [2.75, 3.05) is 0 Å². The van der Waals surface area contributed by atoms with Crippen molar-refractivity contribution in [3.05, 3.63) is 151 Å². The van der Waals surface area contributed by atoms with Gasteiger partial charge in [-0.3, -0.25) is 0 Å². The van der Waals surface area contributed by atoms with Crippen LogP contribution in [0.15, 0.2) is 140 Å². The van der Waals surface area contributed by atoms with Crippen LogP contribution >= 0.6 is 11.3 Å². The lowest BCUT2D eigenvalue weighted by atomic mass is 9.82. The fourth-order valence-corrected chi connectivity index (χ4v) is 8.21. The zero-order chi connectivity index (χ0) is 30.8. The van der Waals surface area contributed by atoms with Gasteiger partial charge >= 0.3 is 0 Å². The van der Waals surface area contributed by atoms with Crippen LogP contribution in [-0.2, 0) is 5.41 Å². The highest BCUT2D eigenvalue weighted by Gasteiger charge is 2.35. The van der Waals surface area contributed by atoms with Gasteiger partial charge in [-0.15, -0.1) is 11.3 Å². The number of nitrogens with zero attached hydrogens (tertiary/aromatic N) is 3. The van der Waals surface area contributed by atoms with Gasteiger partial charge in [0.1, 0.15) is 0 Å². The topological polar surface area (TPSA) is 38.7 Å². The molecule has 0 radical (unpaired) electrons. The molecule has 0 spiro atoms. The van der Waals surface area contributed by atoms with Crippen molar-refractivity contribution in [2.45, 2.75) is 19.3 Å². The highest BCUT2D eigenvalue weighted by atomic mass is 32.1. The first-order chi connectivity index (χ1) is 22.5. The second-order valence-electron chi connectivity index (χ2n) is 12.5. The van der Waals surface area contributed by atoms with E-state index >= 15 is 0 Å². The molecule has 0 N–H and O–H groups in total. The minimum atomic E-state index is -0.0384. The van der Waals surface area contributed by atoms with Gasteiger partial charge in [0.2, 0.25) is 0 Å². The summed E-state index contributed by atoms with van der Waals surface area (Å²) in [7, 11) is 0. The van der Waals surface area contributed by atoms with Crippen LogP contribution in [0.1, 0.15) is 25.0 Å². The highest BCUT2D eigenvalue weighted by Crippen LogP contribution is 2.50. The number of fused-ring (bicyclic) bond motifs is 6. The largest absolute Gasteiger partial charge is 0.208 e. The first kappa shape index (κ1) is 26.9. The number of hydrogen-bond acceptors (Lipinski definition) is 4. The normalized spacial score (nSPS) is 13.2. The van der Waals surface area contributed by atoms with Gasteiger partial charge in [-0.2, -0.15) is 0 Å². The molecular weight excluding hydrogens is 579 g/mol. The van der Waals surface area contributed by atoms with E-state index in [0.29, 0.717) is 17.5 Å². The fraction of sp³-hybridized carbons (Fsp3) is 0.0714. The summed E-state index contributed by atoms with van der Waals surface area (Å²) in [6, 6.07) is 49.5. The minimum absolute atomic E-state index is 0.0384. The lowest BCUT2D eigenvalue weighted by molar-refractivity contribution is 0.660. The third-order valence-electron chi connectivity index (χ3n) is 9.33. The smallest absolute Gasteiger partial charge is 0.164 e. The van der Waals surface area contributed by atoms with E-state index < -0.39 is 0 Å². The average molecular weight is 608 g/mol. The van der Waals surface area contributed by atoms with Crippen LogP contribution in [-0.4, -0.2) is 15.0 Å². The van der Waals surface area contributed by atoms with Crippen LogP contribution < -0.4 is 0 Å². The third-order valence-corrected chi connectivity index (χ3v) is 10.4. The molecule has 0 atom stereocenters. The van der Waals surface area contributed by atoms with Crippen molar-refractivity contribution in [3.8, 4) is 56.4 Å². The number of benzene rings is 6. The van der Waals surface area contributed by atoms with E-state index in [9.17, 15) is 0 Å². The summed E-state index contributed by atoms with van der Waals surface area (Å²) in [6.07, 6.45) is 0. The Labute approximate surface area is 271 Å². The zero-order valence-corrected chi connectivity index (χ0v) is 26.3. The molecule has 9 rings (SSSR count). The van der Waals surface area contributed by atoms with Crippen molar-refractivity contribution in [1.29, 1.82) is 0 Å². The summed E-state index contributed by atoms with van der Waals surface area (Å²) in [5.74, 6) is 2.00. The van der Waals surface area contributed by atoms with E-state index in [2.05, 4.69) is 117 Å². The van der Waals surface area contributed by atoms with Gasteiger partial charge in [0.05, 0.1) is 0 Å². The van der Waals surface area contributed by atoms with Crippen LogP contribution in [0.2, 0.25) is 0 Å². The molecule has 0 fully saturated rings. The predicted octanol–water partition coefficient (Wildman–Crippen LogP) is 11.2. The summed E-state index contributed by atoms with van der Waals surface area (Å²) in [5.41, 5.74) is 10.7. The van der Waals surface area contributed by atoms with Crippen LogP contribution in [0.3, 0.4) is 0 Å². The SMILES string of the molecule is CC1(C)c2ccccc2-c2cc(-c3cc(-c4nc(-c5ccccc5)nc(-c5ccccc5)n4)cc4sc5ccccc5c34)ccc21. The molecule has 4 heteroatoms. The van der Waals surface area contributed by atoms with E-state index in [1.807, 2.05) is 47.7 Å². The molecule has 0 aliphatic heterocycles. The maximum absolute atomic E-state index is 5.08. The first-order valence-electron chi connectivity index (χ1n) is 15.6. The molecule has 0 saturated heterocycles. The second kappa shape index (κ2) is 10.3. The lowest BCUT2D eigenvalue weighted by Crippen LogP contribution is -2.14. The molecule has 218 valence electrons. The molecule has 0 bridgehead atoms. The van der Waals surface area contributed by atoms with Gasteiger partial charge in [-0.1, -0.05) is 129 Å². The van der Waals surface area contributed by atoms with E-state index in [0.717, 1.165) is 16.7 Å². The number of rotatable bonds is 4. The van der Waals surface area contributed by atoms with Gasteiger partial charge in [-0.05, 0) is 57.6 Å². The van der Waals surface area contributed by atoms with Crippen LogP contribution in [0.4, 0.5) is 0 Å². The van der Waals surface area contributed by atoms with Gasteiger partial charge in [0.15, 0.2) is 17.5 Å². The van der Waals surface area contributed by atoms with E-state index in [1.165, 1.54) is 53.6 Å². The number of thiophene rings is 1. The van der Waals surface area contributed by atoms with Crippen molar-refractivity contribution >= 4 is 31.5 Å². The Morgan fingerprint density at radius 1 is 0.435 bits per heavy atom.